The average Bonchev–Trinajstić information content (AvgIpc) is 3.45. The Morgan fingerprint density at radius 2 is 1.81 bits per heavy atom. The van der Waals surface area contributed by atoms with E-state index in [2.05, 4.69) is 53.1 Å². The van der Waals surface area contributed by atoms with Crippen molar-refractivity contribution in [1.29, 1.82) is 0 Å². The molecule has 0 atom stereocenters. The maximum Gasteiger partial charge on any atom is 0.163 e. The first kappa shape index (κ1) is 26.3. The van der Waals surface area contributed by atoms with Crippen LogP contribution in [0.5, 0.6) is 11.5 Å². The molecule has 1 aliphatic carbocycles. The number of piperidine rings is 1. The number of methoxy groups -OCH3 is 1. The third kappa shape index (κ3) is 6.58. The minimum absolute atomic E-state index is 0.700. The van der Waals surface area contributed by atoms with Crippen LogP contribution in [0.15, 0.2) is 24.3 Å². The molecule has 0 bridgehead atoms. The van der Waals surface area contributed by atoms with Crippen LogP contribution in [0.1, 0.15) is 63.5 Å². The molecule has 1 aromatic carbocycles. The van der Waals surface area contributed by atoms with E-state index in [4.69, 9.17) is 14.5 Å². The lowest BCUT2D eigenvalue weighted by molar-refractivity contribution is 0.222. The topological polar surface area (TPSA) is 41.1 Å². The zero-order valence-corrected chi connectivity index (χ0v) is 23.3. The molecule has 2 aromatic rings. The van der Waals surface area contributed by atoms with Gasteiger partial charge >= 0.3 is 0 Å². The Balaban J connectivity index is 1.41. The summed E-state index contributed by atoms with van der Waals surface area (Å²) in [5, 5.41) is 1.15. The number of hydrogen-bond acceptors (Lipinski definition) is 6. The number of benzene rings is 1. The first-order chi connectivity index (χ1) is 18.1. The Bertz CT molecular complexity index is 1070. The summed E-state index contributed by atoms with van der Waals surface area (Å²) in [6, 6.07) is 6.59. The second-order valence-electron chi connectivity index (χ2n) is 11.4. The first-order valence-corrected chi connectivity index (χ1v) is 14.6. The SMILES string of the molecule is COc1cc2c(N(C)CC3CCN(C)CC3)cc(C3=CCCCC3)nc2cc1OCCCN1CCCC1. The molecule has 6 heteroatoms. The zero-order chi connectivity index (χ0) is 25.6. The molecule has 0 spiro atoms. The molecule has 5 rings (SSSR count). The fraction of sp³-hybridized carbons (Fsp3) is 0.645. The number of allylic oxidation sites excluding steroid dienone is 2. The number of aromatic nitrogens is 1. The van der Waals surface area contributed by atoms with Crippen LogP contribution in [0, 0.1) is 5.92 Å². The maximum absolute atomic E-state index is 6.29. The second kappa shape index (κ2) is 12.5. The molecule has 2 aliphatic heterocycles. The van der Waals surface area contributed by atoms with Gasteiger partial charge in [-0.1, -0.05) is 6.08 Å². The fourth-order valence-corrected chi connectivity index (χ4v) is 6.25. The van der Waals surface area contributed by atoms with Crippen molar-refractivity contribution >= 4 is 22.2 Å². The predicted molar refractivity (Wildman–Crippen MR) is 154 cm³/mol. The van der Waals surface area contributed by atoms with Crippen molar-refractivity contribution in [3.8, 4) is 11.5 Å². The number of rotatable bonds is 10. The third-order valence-electron chi connectivity index (χ3n) is 8.55. The highest BCUT2D eigenvalue weighted by Gasteiger charge is 2.22. The van der Waals surface area contributed by atoms with Crippen LogP contribution >= 0.6 is 0 Å². The molecule has 3 heterocycles. The number of hydrogen-bond donors (Lipinski definition) is 0. The van der Waals surface area contributed by atoms with Gasteiger partial charge < -0.3 is 24.2 Å². The summed E-state index contributed by atoms with van der Waals surface area (Å²) >= 11 is 0. The van der Waals surface area contributed by atoms with Crippen molar-refractivity contribution in [2.45, 2.75) is 57.8 Å². The van der Waals surface area contributed by atoms with Gasteiger partial charge in [0.2, 0.25) is 0 Å². The van der Waals surface area contributed by atoms with E-state index in [1.165, 1.54) is 76.0 Å². The number of likely N-dealkylation sites (tertiary alicyclic amines) is 2. The van der Waals surface area contributed by atoms with E-state index in [1.54, 1.807) is 7.11 Å². The number of fused-ring (bicyclic) bond motifs is 1. The Labute approximate surface area is 223 Å². The van der Waals surface area contributed by atoms with E-state index in [1.807, 2.05) is 0 Å². The summed E-state index contributed by atoms with van der Waals surface area (Å²) < 4.78 is 12.1. The van der Waals surface area contributed by atoms with E-state index in [0.717, 1.165) is 66.4 Å². The van der Waals surface area contributed by atoms with E-state index < -0.39 is 0 Å². The number of anilines is 1. The molecule has 0 saturated carbocycles. The summed E-state index contributed by atoms with van der Waals surface area (Å²) in [4.78, 5) is 12.6. The fourth-order valence-electron chi connectivity index (χ4n) is 6.25. The Hall–Kier alpha value is -2.31. The lowest BCUT2D eigenvalue weighted by atomic mass is 9.94. The van der Waals surface area contributed by atoms with Crippen LogP contribution in [0.4, 0.5) is 5.69 Å². The van der Waals surface area contributed by atoms with Crippen LogP contribution in [0.2, 0.25) is 0 Å². The van der Waals surface area contributed by atoms with Crippen LogP contribution in [-0.2, 0) is 0 Å². The normalized spacial score (nSPS) is 19.8. The Morgan fingerprint density at radius 1 is 1.00 bits per heavy atom. The lowest BCUT2D eigenvalue weighted by Crippen LogP contribution is -2.35. The summed E-state index contributed by atoms with van der Waals surface area (Å²) in [5.41, 5.74) is 4.78. The molecular weight excluding hydrogens is 460 g/mol. The van der Waals surface area contributed by atoms with Gasteiger partial charge in [0.25, 0.3) is 0 Å². The molecule has 2 saturated heterocycles. The highest BCUT2D eigenvalue weighted by molar-refractivity contribution is 5.95. The molecule has 0 amide bonds. The molecule has 1 aromatic heterocycles. The standard InChI is InChI=1S/C31H46N4O2/c1-33-17-12-24(13-18-33)23-34(2)29-21-27(25-10-5-4-6-11-25)32-28-22-31(30(36-3)20-26(28)29)37-19-9-16-35-14-7-8-15-35/h10,20-22,24H,4-9,11-19,23H2,1-3H3. The minimum atomic E-state index is 0.700. The van der Waals surface area contributed by atoms with Gasteiger partial charge in [0.15, 0.2) is 11.5 Å². The van der Waals surface area contributed by atoms with E-state index in [0.29, 0.717) is 6.61 Å². The number of nitrogens with zero attached hydrogens (tertiary/aromatic N) is 4. The van der Waals surface area contributed by atoms with Crippen LogP contribution in [0.25, 0.3) is 16.5 Å². The summed E-state index contributed by atoms with van der Waals surface area (Å²) in [5.74, 6) is 2.33. The maximum atomic E-state index is 6.29. The Morgan fingerprint density at radius 3 is 2.54 bits per heavy atom. The third-order valence-corrected chi connectivity index (χ3v) is 8.55. The molecular formula is C31H46N4O2. The molecule has 6 nitrogen and oxygen atoms in total. The van der Waals surface area contributed by atoms with Gasteiger partial charge in [0.1, 0.15) is 0 Å². The van der Waals surface area contributed by atoms with Crippen molar-refractivity contribution in [1.82, 2.24) is 14.8 Å². The van der Waals surface area contributed by atoms with Crippen LogP contribution in [0.3, 0.4) is 0 Å². The van der Waals surface area contributed by atoms with E-state index >= 15 is 0 Å². The summed E-state index contributed by atoms with van der Waals surface area (Å²) in [6.07, 6.45) is 13.4. The summed E-state index contributed by atoms with van der Waals surface area (Å²) in [6.45, 7) is 7.73. The smallest absolute Gasteiger partial charge is 0.163 e. The predicted octanol–water partition coefficient (Wildman–Crippen LogP) is 5.84. The quantitative estimate of drug-likeness (QED) is 0.377. The largest absolute Gasteiger partial charge is 0.493 e. The van der Waals surface area contributed by atoms with Crippen molar-refractivity contribution in [3.63, 3.8) is 0 Å². The summed E-state index contributed by atoms with van der Waals surface area (Å²) in [7, 11) is 6.23. The highest BCUT2D eigenvalue weighted by atomic mass is 16.5. The van der Waals surface area contributed by atoms with Gasteiger partial charge in [0, 0.05) is 37.3 Å². The average molecular weight is 507 g/mol. The first-order valence-electron chi connectivity index (χ1n) is 14.6. The van der Waals surface area contributed by atoms with E-state index in [-0.39, 0.29) is 0 Å². The van der Waals surface area contributed by atoms with Crippen molar-refractivity contribution in [3.05, 3.63) is 30.0 Å². The number of ether oxygens (including phenoxy) is 2. The molecule has 3 aliphatic rings. The van der Waals surface area contributed by atoms with Gasteiger partial charge in [-0.25, -0.2) is 4.98 Å². The van der Waals surface area contributed by atoms with Gasteiger partial charge in [-0.05, 0) is 115 Å². The molecule has 0 N–H and O–H groups in total. The van der Waals surface area contributed by atoms with Gasteiger partial charge in [0.05, 0.1) is 24.9 Å². The lowest BCUT2D eigenvalue weighted by Gasteiger charge is -2.33. The molecule has 0 radical (unpaired) electrons. The molecule has 202 valence electrons. The molecule has 0 unspecified atom stereocenters. The van der Waals surface area contributed by atoms with Crippen molar-refractivity contribution in [2.75, 3.05) is 72.0 Å². The Kier molecular flexibility index (Phi) is 8.88. The minimum Gasteiger partial charge on any atom is -0.493 e. The molecule has 37 heavy (non-hydrogen) atoms. The van der Waals surface area contributed by atoms with Gasteiger partial charge in [-0.2, -0.15) is 0 Å². The second-order valence-corrected chi connectivity index (χ2v) is 11.4. The van der Waals surface area contributed by atoms with Gasteiger partial charge in [-0.15, -0.1) is 0 Å². The van der Waals surface area contributed by atoms with E-state index in [9.17, 15) is 0 Å². The van der Waals surface area contributed by atoms with Crippen LogP contribution < -0.4 is 14.4 Å². The zero-order valence-electron chi connectivity index (χ0n) is 23.3. The monoisotopic (exact) mass is 506 g/mol. The highest BCUT2D eigenvalue weighted by Crippen LogP contribution is 2.39. The van der Waals surface area contributed by atoms with Gasteiger partial charge in [-0.3, -0.25) is 0 Å². The van der Waals surface area contributed by atoms with Crippen molar-refractivity contribution < 1.29 is 9.47 Å². The van der Waals surface area contributed by atoms with Crippen LogP contribution in [-0.4, -0.2) is 81.9 Å². The van der Waals surface area contributed by atoms with Crippen molar-refractivity contribution in [2.24, 2.45) is 5.92 Å². The number of pyridine rings is 1. The molecule has 2 fully saturated rings.